The van der Waals surface area contributed by atoms with Crippen molar-refractivity contribution in [2.45, 2.75) is 26.9 Å². The van der Waals surface area contributed by atoms with Crippen molar-refractivity contribution in [2.75, 3.05) is 12.4 Å². The molecule has 0 atom stereocenters. The van der Waals surface area contributed by atoms with Gasteiger partial charge in [-0.1, -0.05) is 13.8 Å². The predicted octanol–water partition coefficient (Wildman–Crippen LogP) is 0.434. The van der Waals surface area contributed by atoms with Crippen LogP contribution in [0.25, 0.3) is 0 Å². The number of rotatable bonds is 4. The fourth-order valence-electron chi connectivity index (χ4n) is 1.23. The highest BCUT2D eigenvalue weighted by atomic mass is 15.3. The summed E-state index contributed by atoms with van der Waals surface area (Å²) in [5.41, 5.74) is 5.54. The Labute approximate surface area is 78.3 Å². The Morgan fingerprint density at radius 1 is 1.46 bits per heavy atom. The molecule has 0 bridgehead atoms. The normalized spacial score (nSPS) is 10.8. The Morgan fingerprint density at radius 2 is 2.15 bits per heavy atom. The van der Waals surface area contributed by atoms with Crippen molar-refractivity contribution in [3.63, 3.8) is 0 Å². The molecule has 0 aliphatic heterocycles. The van der Waals surface area contributed by atoms with Crippen LogP contribution in [0, 0.1) is 5.92 Å². The third kappa shape index (κ3) is 2.18. The molecular formula is C8H17N5. The van der Waals surface area contributed by atoms with E-state index in [2.05, 4.69) is 29.4 Å². The smallest absolute Gasteiger partial charge is 0.224 e. The second-order valence-electron chi connectivity index (χ2n) is 3.40. The van der Waals surface area contributed by atoms with Crippen LogP contribution in [0.3, 0.4) is 0 Å². The van der Waals surface area contributed by atoms with Crippen LogP contribution in [0.4, 0.5) is 5.95 Å². The third-order valence-corrected chi connectivity index (χ3v) is 1.78. The molecule has 1 aromatic heterocycles. The van der Waals surface area contributed by atoms with Gasteiger partial charge in [0.25, 0.3) is 0 Å². The summed E-state index contributed by atoms with van der Waals surface area (Å²) < 4.78 is 2.02. The van der Waals surface area contributed by atoms with E-state index >= 15 is 0 Å². The van der Waals surface area contributed by atoms with Crippen molar-refractivity contribution >= 4 is 5.95 Å². The van der Waals surface area contributed by atoms with Crippen LogP contribution in [0.15, 0.2) is 0 Å². The van der Waals surface area contributed by atoms with E-state index in [0.29, 0.717) is 12.5 Å². The van der Waals surface area contributed by atoms with Crippen LogP contribution < -0.4 is 11.1 Å². The lowest BCUT2D eigenvalue weighted by atomic mass is 10.2. The molecular weight excluding hydrogens is 166 g/mol. The van der Waals surface area contributed by atoms with Gasteiger partial charge in [-0.05, 0) is 5.92 Å². The number of aromatic nitrogens is 3. The first-order valence-corrected chi connectivity index (χ1v) is 4.49. The third-order valence-electron chi connectivity index (χ3n) is 1.78. The molecule has 0 spiro atoms. The highest BCUT2D eigenvalue weighted by Gasteiger charge is 2.09. The second-order valence-corrected chi connectivity index (χ2v) is 3.40. The molecule has 0 unspecified atom stereocenters. The molecule has 74 valence electrons. The fraction of sp³-hybridized carbons (Fsp3) is 0.750. The van der Waals surface area contributed by atoms with Crippen LogP contribution in [0.2, 0.25) is 0 Å². The lowest BCUT2D eigenvalue weighted by Crippen LogP contribution is -2.13. The first kappa shape index (κ1) is 9.98. The van der Waals surface area contributed by atoms with E-state index in [9.17, 15) is 0 Å². The van der Waals surface area contributed by atoms with Crippen molar-refractivity contribution in [3.8, 4) is 0 Å². The number of nitrogens with zero attached hydrogens (tertiary/aromatic N) is 3. The maximum atomic E-state index is 5.54. The Kier molecular flexibility index (Phi) is 3.25. The van der Waals surface area contributed by atoms with Gasteiger partial charge >= 0.3 is 0 Å². The monoisotopic (exact) mass is 183 g/mol. The Bertz CT molecular complexity index is 244. The summed E-state index contributed by atoms with van der Waals surface area (Å²) in [5.74, 6) is 2.18. The molecule has 0 aliphatic carbocycles. The molecule has 0 amide bonds. The molecule has 0 aliphatic rings. The lowest BCUT2D eigenvalue weighted by Gasteiger charge is -2.10. The first-order chi connectivity index (χ1) is 6.19. The average Bonchev–Trinajstić information content (AvgIpc) is 2.46. The van der Waals surface area contributed by atoms with Gasteiger partial charge in [-0.25, -0.2) is 0 Å². The number of hydrogen-bond acceptors (Lipinski definition) is 4. The van der Waals surface area contributed by atoms with Crippen molar-refractivity contribution in [3.05, 3.63) is 5.82 Å². The van der Waals surface area contributed by atoms with Crippen molar-refractivity contribution in [1.82, 2.24) is 14.8 Å². The summed E-state index contributed by atoms with van der Waals surface area (Å²) in [5, 5.41) is 11.0. The van der Waals surface area contributed by atoms with Gasteiger partial charge in [0, 0.05) is 13.6 Å². The van der Waals surface area contributed by atoms with Gasteiger partial charge in [0.05, 0.1) is 6.54 Å². The topological polar surface area (TPSA) is 68.8 Å². The van der Waals surface area contributed by atoms with Gasteiger partial charge in [0.2, 0.25) is 5.95 Å². The summed E-state index contributed by atoms with van der Waals surface area (Å²) in [7, 11) is 1.83. The van der Waals surface area contributed by atoms with Gasteiger partial charge in [-0.15, -0.1) is 10.2 Å². The maximum absolute atomic E-state index is 5.54. The highest BCUT2D eigenvalue weighted by Crippen LogP contribution is 2.09. The van der Waals surface area contributed by atoms with E-state index in [1.54, 1.807) is 0 Å². The van der Waals surface area contributed by atoms with E-state index in [4.69, 9.17) is 5.73 Å². The molecule has 0 saturated carbocycles. The zero-order chi connectivity index (χ0) is 9.84. The molecule has 1 heterocycles. The SMILES string of the molecule is CNc1nnc(CN)n1CC(C)C. The number of anilines is 1. The van der Waals surface area contributed by atoms with E-state index in [-0.39, 0.29) is 0 Å². The van der Waals surface area contributed by atoms with Crippen LogP contribution in [-0.2, 0) is 13.1 Å². The zero-order valence-electron chi connectivity index (χ0n) is 8.41. The number of nitrogens with two attached hydrogens (primary N) is 1. The Morgan fingerprint density at radius 3 is 2.62 bits per heavy atom. The average molecular weight is 183 g/mol. The minimum Gasteiger partial charge on any atom is -0.357 e. The fourth-order valence-corrected chi connectivity index (χ4v) is 1.23. The maximum Gasteiger partial charge on any atom is 0.224 e. The van der Waals surface area contributed by atoms with Gasteiger partial charge in [-0.2, -0.15) is 0 Å². The molecule has 1 aromatic rings. The molecule has 3 N–H and O–H groups in total. The number of nitrogens with one attached hydrogen (secondary N) is 1. The Hall–Kier alpha value is -1.10. The van der Waals surface area contributed by atoms with Crippen molar-refractivity contribution < 1.29 is 0 Å². The largest absolute Gasteiger partial charge is 0.357 e. The lowest BCUT2D eigenvalue weighted by molar-refractivity contribution is 0.511. The van der Waals surface area contributed by atoms with Crippen LogP contribution in [0.1, 0.15) is 19.7 Å². The van der Waals surface area contributed by atoms with Gasteiger partial charge in [0.1, 0.15) is 5.82 Å². The zero-order valence-corrected chi connectivity index (χ0v) is 8.41. The molecule has 1 rings (SSSR count). The van der Waals surface area contributed by atoms with Crippen molar-refractivity contribution in [2.24, 2.45) is 11.7 Å². The van der Waals surface area contributed by atoms with Crippen LogP contribution in [-0.4, -0.2) is 21.8 Å². The standard InChI is InChI=1S/C8H17N5/c1-6(2)5-13-7(4-9)11-12-8(13)10-3/h6H,4-5,9H2,1-3H3,(H,10,12). The molecule has 0 fully saturated rings. The summed E-state index contributed by atoms with van der Waals surface area (Å²) in [6.45, 7) is 5.64. The summed E-state index contributed by atoms with van der Waals surface area (Å²) >= 11 is 0. The molecule has 13 heavy (non-hydrogen) atoms. The van der Waals surface area contributed by atoms with E-state index < -0.39 is 0 Å². The van der Waals surface area contributed by atoms with Crippen LogP contribution in [0.5, 0.6) is 0 Å². The first-order valence-electron chi connectivity index (χ1n) is 4.49. The summed E-state index contributed by atoms with van der Waals surface area (Å²) in [6.07, 6.45) is 0. The quantitative estimate of drug-likeness (QED) is 0.710. The van der Waals surface area contributed by atoms with E-state index in [1.165, 1.54) is 0 Å². The second kappa shape index (κ2) is 4.23. The minimum absolute atomic E-state index is 0.432. The molecule has 5 nitrogen and oxygen atoms in total. The highest BCUT2D eigenvalue weighted by molar-refractivity contribution is 5.24. The Balaban J connectivity index is 2.91. The van der Waals surface area contributed by atoms with Gasteiger partial charge in [0.15, 0.2) is 0 Å². The van der Waals surface area contributed by atoms with Crippen LogP contribution >= 0.6 is 0 Å². The van der Waals surface area contributed by atoms with E-state index in [1.807, 2.05) is 11.6 Å². The predicted molar refractivity (Wildman–Crippen MR) is 52.3 cm³/mol. The van der Waals surface area contributed by atoms with Gasteiger partial charge in [-0.3, -0.25) is 4.57 Å². The molecule has 0 aromatic carbocycles. The molecule has 5 heteroatoms. The summed E-state index contributed by atoms with van der Waals surface area (Å²) in [4.78, 5) is 0. The number of hydrogen-bond donors (Lipinski definition) is 2. The molecule has 0 saturated heterocycles. The van der Waals surface area contributed by atoms with E-state index in [0.717, 1.165) is 18.3 Å². The van der Waals surface area contributed by atoms with Crippen molar-refractivity contribution in [1.29, 1.82) is 0 Å². The summed E-state index contributed by atoms with van der Waals surface area (Å²) in [6, 6.07) is 0. The van der Waals surface area contributed by atoms with Gasteiger partial charge < -0.3 is 11.1 Å². The minimum atomic E-state index is 0.432. The molecule has 0 radical (unpaired) electrons.